The van der Waals surface area contributed by atoms with Gasteiger partial charge in [0.05, 0.1) is 30.3 Å². The molecule has 0 saturated heterocycles. The lowest BCUT2D eigenvalue weighted by Gasteiger charge is -2.11. The van der Waals surface area contributed by atoms with Gasteiger partial charge in [-0.3, -0.25) is 4.79 Å². The molecule has 0 unspecified atom stereocenters. The highest BCUT2D eigenvalue weighted by Crippen LogP contribution is 2.28. The van der Waals surface area contributed by atoms with E-state index < -0.39 is 0 Å². The maximum atomic E-state index is 12.9. The van der Waals surface area contributed by atoms with Crippen molar-refractivity contribution in [3.63, 3.8) is 0 Å². The van der Waals surface area contributed by atoms with Gasteiger partial charge in [0.2, 0.25) is 0 Å². The molecule has 7 heteroatoms. The standard InChI is InChI=1S/C21H22BrN3O3/c1-4-20-24-17-9-8-15(22)12-16(17)21(26)25(20)23-13-14-7-10-18(27-5-2)19(11-14)28-6-3/h7-13H,4-6H2,1-3H3. The molecule has 1 heterocycles. The van der Waals surface area contributed by atoms with E-state index in [1.54, 1.807) is 12.3 Å². The fourth-order valence-electron chi connectivity index (χ4n) is 2.82. The van der Waals surface area contributed by atoms with Gasteiger partial charge in [0.15, 0.2) is 11.5 Å². The summed E-state index contributed by atoms with van der Waals surface area (Å²) in [7, 11) is 0. The normalized spacial score (nSPS) is 11.3. The van der Waals surface area contributed by atoms with Crippen LogP contribution >= 0.6 is 15.9 Å². The lowest BCUT2D eigenvalue weighted by Crippen LogP contribution is -2.22. The van der Waals surface area contributed by atoms with E-state index in [2.05, 4.69) is 26.0 Å². The fourth-order valence-corrected chi connectivity index (χ4v) is 3.18. The van der Waals surface area contributed by atoms with E-state index in [0.29, 0.717) is 47.9 Å². The number of halogens is 1. The quantitative estimate of drug-likeness (QED) is 0.507. The Morgan fingerprint density at radius 2 is 1.82 bits per heavy atom. The number of hydrogen-bond donors (Lipinski definition) is 0. The molecule has 0 saturated carbocycles. The topological polar surface area (TPSA) is 65.7 Å². The maximum absolute atomic E-state index is 12.9. The monoisotopic (exact) mass is 443 g/mol. The first-order valence-electron chi connectivity index (χ1n) is 9.22. The van der Waals surface area contributed by atoms with E-state index in [9.17, 15) is 4.79 Å². The van der Waals surface area contributed by atoms with Crippen molar-refractivity contribution >= 4 is 33.0 Å². The molecule has 0 aliphatic carbocycles. The number of fused-ring (bicyclic) bond motifs is 1. The summed E-state index contributed by atoms with van der Waals surface area (Å²) < 4.78 is 13.4. The Hall–Kier alpha value is -2.67. The summed E-state index contributed by atoms with van der Waals surface area (Å²) in [6.07, 6.45) is 2.22. The highest BCUT2D eigenvalue weighted by atomic mass is 79.9. The SMILES string of the molecule is CCOc1ccc(C=Nn2c(CC)nc3ccc(Br)cc3c2=O)cc1OCC. The first-order valence-corrected chi connectivity index (χ1v) is 10.0. The number of benzene rings is 2. The van der Waals surface area contributed by atoms with Crippen molar-refractivity contribution < 1.29 is 9.47 Å². The first-order chi connectivity index (χ1) is 13.6. The third-order valence-electron chi connectivity index (χ3n) is 4.08. The van der Waals surface area contributed by atoms with Gasteiger partial charge in [0.1, 0.15) is 5.82 Å². The van der Waals surface area contributed by atoms with Crippen LogP contribution in [0.5, 0.6) is 11.5 Å². The van der Waals surface area contributed by atoms with Crippen molar-refractivity contribution in [3.8, 4) is 11.5 Å². The van der Waals surface area contributed by atoms with Crippen molar-refractivity contribution in [3.05, 3.63) is 62.6 Å². The summed E-state index contributed by atoms with van der Waals surface area (Å²) in [6, 6.07) is 11.0. The van der Waals surface area contributed by atoms with Crippen molar-refractivity contribution in [2.45, 2.75) is 27.2 Å². The fraction of sp³-hybridized carbons (Fsp3) is 0.286. The van der Waals surface area contributed by atoms with Gasteiger partial charge in [0, 0.05) is 10.9 Å². The van der Waals surface area contributed by atoms with Gasteiger partial charge in [-0.15, -0.1) is 0 Å². The zero-order valence-electron chi connectivity index (χ0n) is 16.1. The number of rotatable bonds is 7. The Labute approximate surface area is 171 Å². The summed E-state index contributed by atoms with van der Waals surface area (Å²) in [4.78, 5) is 17.5. The third-order valence-corrected chi connectivity index (χ3v) is 4.57. The Morgan fingerprint density at radius 1 is 1.07 bits per heavy atom. The van der Waals surface area contributed by atoms with Gasteiger partial charge in [-0.1, -0.05) is 22.9 Å². The Bertz CT molecular complexity index is 1080. The van der Waals surface area contributed by atoms with Crippen LogP contribution in [0.2, 0.25) is 0 Å². The van der Waals surface area contributed by atoms with Crippen LogP contribution in [0.25, 0.3) is 10.9 Å². The average molecular weight is 444 g/mol. The molecule has 28 heavy (non-hydrogen) atoms. The van der Waals surface area contributed by atoms with E-state index >= 15 is 0 Å². The second-order valence-electron chi connectivity index (χ2n) is 5.98. The molecule has 0 aliphatic rings. The molecule has 0 atom stereocenters. The molecule has 2 aromatic carbocycles. The van der Waals surface area contributed by atoms with Crippen molar-refractivity contribution in [2.24, 2.45) is 5.10 Å². The van der Waals surface area contributed by atoms with E-state index in [1.165, 1.54) is 4.68 Å². The summed E-state index contributed by atoms with van der Waals surface area (Å²) in [5, 5.41) is 4.93. The smallest absolute Gasteiger partial charge is 0.282 e. The first kappa shape index (κ1) is 20.1. The maximum Gasteiger partial charge on any atom is 0.282 e. The minimum Gasteiger partial charge on any atom is -0.490 e. The molecule has 0 bridgehead atoms. The third kappa shape index (κ3) is 4.25. The zero-order valence-corrected chi connectivity index (χ0v) is 17.7. The second-order valence-corrected chi connectivity index (χ2v) is 6.89. The van der Waals surface area contributed by atoms with Gasteiger partial charge in [0.25, 0.3) is 5.56 Å². The number of nitrogens with zero attached hydrogens (tertiary/aromatic N) is 3. The molecule has 1 aromatic heterocycles. The van der Waals surface area contributed by atoms with Crippen LogP contribution in [-0.2, 0) is 6.42 Å². The molecule has 6 nitrogen and oxygen atoms in total. The van der Waals surface area contributed by atoms with Gasteiger partial charge < -0.3 is 9.47 Å². The van der Waals surface area contributed by atoms with E-state index in [4.69, 9.17) is 9.47 Å². The van der Waals surface area contributed by atoms with E-state index in [0.717, 1.165) is 10.0 Å². The van der Waals surface area contributed by atoms with Crippen LogP contribution in [0, 0.1) is 0 Å². The predicted molar refractivity (Wildman–Crippen MR) is 115 cm³/mol. The minimum atomic E-state index is -0.199. The van der Waals surface area contributed by atoms with Crippen molar-refractivity contribution in [2.75, 3.05) is 13.2 Å². The van der Waals surface area contributed by atoms with Crippen LogP contribution < -0.4 is 15.0 Å². The van der Waals surface area contributed by atoms with Gasteiger partial charge in [-0.25, -0.2) is 4.98 Å². The second kappa shape index (κ2) is 9.01. The highest BCUT2D eigenvalue weighted by Gasteiger charge is 2.10. The number of aryl methyl sites for hydroxylation is 1. The van der Waals surface area contributed by atoms with Crippen LogP contribution in [0.4, 0.5) is 0 Å². The Kier molecular flexibility index (Phi) is 6.46. The lowest BCUT2D eigenvalue weighted by molar-refractivity contribution is 0.288. The van der Waals surface area contributed by atoms with E-state index in [1.807, 2.05) is 51.1 Å². The molecule has 0 fully saturated rings. The Morgan fingerprint density at radius 3 is 2.54 bits per heavy atom. The highest BCUT2D eigenvalue weighted by molar-refractivity contribution is 9.10. The van der Waals surface area contributed by atoms with Crippen LogP contribution in [0.3, 0.4) is 0 Å². The minimum absolute atomic E-state index is 0.199. The summed E-state index contributed by atoms with van der Waals surface area (Å²) >= 11 is 3.40. The number of aromatic nitrogens is 2. The van der Waals surface area contributed by atoms with Gasteiger partial charge in [-0.05, 0) is 55.8 Å². The molecular formula is C21H22BrN3O3. The molecule has 0 radical (unpaired) electrons. The van der Waals surface area contributed by atoms with Crippen molar-refractivity contribution in [1.82, 2.24) is 9.66 Å². The largest absolute Gasteiger partial charge is 0.490 e. The molecule has 3 aromatic rings. The molecule has 0 aliphatic heterocycles. The van der Waals surface area contributed by atoms with Gasteiger partial charge >= 0.3 is 0 Å². The zero-order chi connectivity index (χ0) is 20.1. The molecule has 0 spiro atoms. The lowest BCUT2D eigenvalue weighted by atomic mass is 10.2. The van der Waals surface area contributed by atoms with Crippen LogP contribution in [0.15, 0.2) is 50.8 Å². The number of ether oxygens (including phenoxy) is 2. The Balaban J connectivity index is 2.04. The number of hydrogen-bond acceptors (Lipinski definition) is 5. The summed E-state index contributed by atoms with van der Waals surface area (Å²) in [5.74, 6) is 1.94. The average Bonchev–Trinajstić information content (AvgIpc) is 2.69. The molecular weight excluding hydrogens is 422 g/mol. The van der Waals surface area contributed by atoms with Crippen molar-refractivity contribution in [1.29, 1.82) is 0 Å². The van der Waals surface area contributed by atoms with E-state index in [-0.39, 0.29) is 5.56 Å². The molecule has 0 amide bonds. The van der Waals surface area contributed by atoms with Crippen LogP contribution in [0.1, 0.15) is 32.2 Å². The molecule has 0 N–H and O–H groups in total. The predicted octanol–water partition coefficient (Wildman–Crippen LogP) is 4.40. The van der Waals surface area contributed by atoms with Gasteiger partial charge in [-0.2, -0.15) is 9.78 Å². The molecule has 146 valence electrons. The summed E-state index contributed by atoms with van der Waals surface area (Å²) in [5.41, 5.74) is 1.27. The summed E-state index contributed by atoms with van der Waals surface area (Å²) in [6.45, 7) is 6.88. The van der Waals surface area contributed by atoms with Crippen LogP contribution in [-0.4, -0.2) is 29.1 Å². The molecule has 3 rings (SSSR count).